The average molecular weight is 477 g/mol. The Morgan fingerprint density at radius 3 is 1.97 bits per heavy atom. The van der Waals surface area contributed by atoms with E-state index in [1.165, 1.54) is 15.6 Å². The third kappa shape index (κ3) is 7.76. The van der Waals surface area contributed by atoms with Crippen LogP contribution in [0.2, 0.25) is 0 Å². The molecule has 31 heavy (non-hydrogen) atoms. The van der Waals surface area contributed by atoms with Crippen LogP contribution in [0.1, 0.15) is 26.3 Å². The van der Waals surface area contributed by atoms with E-state index in [9.17, 15) is 21.6 Å². The van der Waals surface area contributed by atoms with Gasteiger partial charge in [0.1, 0.15) is 6.33 Å². The molecule has 0 aliphatic heterocycles. The largest absolute Gasteiger partial charge is 0.367 e. The van der Waals surface area contributed by atoms with Gasteiger partial charge in [0.05, 0.1) is 37.5 Å². The minimum absolute atomic E-state index is 0.0202. The summed E-state index contributed by atoms with van der Waals surface area (Å²) in [5.74, 6) is 0. The van der Waals surface area contributed by atoms with Gasteiger partial charge in [0.15, 0.2) is 0 Å². The van der Waals surface area contributed by atoms with E-state index in [1.807, 2.05) is 13.8 Å². The van der Waals surface area contributed by atoms with E-state index >= 15 is 0 Å². The van der Waals surface area contributed by atoms with E-state index in [4.69, 9.17) is 8.37 Å². The van der Waals surface area contributed by atoms with Crippen LogP contribution in [0.15, 0.2) is 35.4 Å². The molecule has 1 aromatic carbocycles. The minimum atomic E-state index is -3.60. The summed E-state index contributed by atoms with van der Waals surface area (Å²) in [5.41, 5.74) is 1.05. The Kier molecular flexibility index (Phi) is 8.40. The van der Waals surface area contributed by atoms with Crippen LogP contribution in [-0.2, 0) is 28.6 Å². The van der Waals surface area contributed by atoms with Crippen molar-refractivity contribution >= 4 is 25.9 Å². The van der Waals surface area contributed by atoms with Gasteiger partial charge in [-0.15, -0.1) is 0 Å². The first-order valence-electron chi connectivity index (χ1n) is 9.61. The number of rotatable bonds is 12. The SMILES string of the molecule is CCC(C)n1ncn(-c2ccc(N(CCOS(C)(=O)=O)CCOS(C)(=O)=O)cc2)c1=O. The molecular formula is C18H28N4O7S2. The van der Waals surface area contributed by atoms with Crippen molar-refractivity contribution in [2.45, 2.75) is 26.3 Å². The highest BCUT2D eigenvalue weighted by atomic mass is 32.2. The van der Waals surface area contributed by atoms with Crippen LogP contribution < -0.4 is 10.6 Å². The number of hydrogen-bond donors (Lipinski definition) is 0. The highest BCUT2D eigenvalue weighted by Crippen LogP contribution is 2.17. The molecule has 0 aliphatic carbocycles. The van der Waals surface area contributed by atoms with E-state index in [0.29, 0.717) is 11.4 Å². The maximum Gasteiger partial charge on any atom is 0.350 e. The number of benzene rings is 1. The van der Waals surface area contributed by atoms with Crippen LogP contribution in [0, 0.1) is 0 Å². The van der Waals surface area contributed by atoms with Gasteiger partial charge in [-0.3, -0.25) is 8.37 Å². The molecule has 2 aromatic rings. The van der Waals surface area contributed by atoms with Gasteiger partial charge in [-0.05, 0) is 37.6 Å². The second-order valence-corrected chi connectivity index (χ2v) is 10.3. The standard InChI is InChI=1S/C18H28N4O7S2/c1-5-15(2)22-18(23)21(14-19-22)17-8-6-16(7-9-17)20(10-12-28-30(3,24)25)11-13-29-31(4,26)27/h6-9,14-15H,5,10-13H2,1-4H3. The molecule has 0 spiro atoms. The van der Waals surface area contributed by atoms with Crippen LogP contribution >= 0.6 is 0 Å². The molecule has 1 unspecified atom stereocenters. The van der Waals surface area contributed by atoms with Crippen LogP contribution in [0.5, 0.6) is 0 Å². The predicted molar refractivity (Wildman–Crippen MR) is 117 cm³/mol. The lowest BCUT2D eigenvalue weighted by Crippen LogP contribution is -2.32. The van der Waals surface area contributed by atoms with Gasteiger partial charge in [-0.2, -0.15) is 21.9 Å². The third-order valence-corrected chi connectivity index (χ3v) is 5.70. The number of hydrogen-bond acceptors (Lipinski definition) is 9. The van der Waals surface area contributed by atoms with E-state index < -0.39 is 20.2 Å². The molecule has 0 amide bonds. The molecule has 174 valence electrons. The molecule has 0 saturated heterocycles. The van der Waals surface area contributed by atoms with Crippen LogP contribution in [-0.4, -0.2) is 70.0 Å². The summed E-state index contributed by atoms with van der Waals surface area (Å²) in [6, 6.07) is 6.91. The van der Waals surface area contributed by atoms with E-state index in [2.05, 4.69) is 5.10 Å². The molecule has 1 aromatic heterocycles. The van der Waals surface area contributed by atoms with Gasteiger partial charge in [0, 0.05) is 18.8 Å². The van der Waals surface area contributed by atoms with Gasteiger partial charge in [-0.25, -0.2) is 14.0 Å². The maximum absolute atomic E-state index is 12.6. The van der Waals surface area contributed by atoms with Crippen LogP contribution in [0.3, 0.4) is 0 Å². The molecule has 0 aliphatic rings. The van der Waals surface area contributed by atoms with Gasteiger partial charge in [0.2, 0.25) is 0 Å². The summed E-state index contributed by atoms with van der Waals surface area (Å²) in [7, 11) is -7.20. The molecule has 13 heteroatoms. The topological polar surface area (TPSA) is 130 Å². The van der Waals surface area contributed by atoms with Crippen molar-refractivity contribution in [3.05, 3.63) is 41.1 Å². The average Bonchev–Trinajstić information content (AvgIpc) is 3.06. The van der Waals surface area contributed by atoms with E-state index in [-0.39, 0.29) is 38.0 Å². The fraction of sp³-hybridized carbons (Fsp3) is 0.556. The van der Waals surface area contributed by atoms with Gasteiger partial charge in [0.25, 0.3) is 20.2 Å². The van der Waals surface area contributed by atoms with Crippen molar-refractivity contribution in [2.75, 3.05) is 43.7 Å². The highest BCUT2D eigenvalue weighted by molar-refractivity contribution is 7.86. The molecular weight excluding hydrogens is 448 g/mol. The number of nitrogens with zero attached hydrogens (tertiary/aromatic N) is 4. The monoisotopic (exact) mass is 476 g/mol. The third-order valence-electron chi connectivity index (χ3n) is 4.51. The number of aromatic nitrogens is 3. The maximum atomic E-state index is 12.6. The molecule has 2 rings (SSSR count). The van der Waals surface area contributed by atoms with Crippen molar-refractivity contribution < 1.29 is 25.2 Å². The molecule has 11 nitrogen and oxygen atoms in total. The summed E-state index contributed by atoms with van der Waals surface area (Å²) < 4.78 is 57.3. The Labute approximate surface area is 182 Å². The summed E-state index contributed by atoms with van der Waals surface area (Å²) in [4.78, 5) is 14.3. The summed E-state index contributed by atoms with van der Waals surface area (Å²) in [6.07, 6.45) is 4.14. The van der Waals surface area contributed by atoms with Gasteiger partial charge in [-0.1, -0.05) is 6.92 Å². The Hall–Kier alpha value is -2.22. The normalized spacial score (nSPS) is 13.3. The zero-order valence-corrected chi connectivity index (χ0v) is 19.6. The molecule has 1 atom stereocenters. The molecule has 0 saturated carbocycles. The molecule has 0 fully saturated rings. The zero-order valence-electron chi connectivity index (χ0n) is 18.0. The van der Waals surface area contributed by atoms with Crippen LogP contribution in [0.25, 0.3) is 5.69 Å². The first kappa shape index (κ1) is 25.0. The van der Waals surface area contributed by atoms with E-state index in [1.54, 1.807) is 29.2 Å². The summed E-state index contributed by atoms with van der Waals surface area (Å²) in [5, 5.41) is 4.16. The quantitative estimate of drug-likeness (QED) is 0.408. The smallest absolute Gasteiger partial charge is 0.350 e. The van der Waals surface area contributed by atoms with Crippen molar-refractivity contribution in [1.29, 1.82) is 0 Å². The molecule has 0 N–H and O–H groups in total. The molecule has 0 bridgehead atoms. The van der Waals surface area contributed by atoms with E-state index in [0.717, 1.165) is 18.9 Å². The van der Waals surface area contributed by atoms with Crippen molar-refractivity contribution in [3.63, 3.8) is 0 Å². The lowest BCUT2D eigenvalue weighted by molar-refractivity contribution is 0.309. The first-order valence-corrected chi connectivity index (χ1v) is 13.2. The molecule has 0 radical (unpaired) electrons. The van der Waals surface area contributed by atoms with Gasteiger partial charge < -0.3 is 4.90 Å². The lowest BCUT2D eigenvalue weighted by atomic mass is 10.2. The highest BCUT2D eigenvalue weighted by Gasteiger charge is 2.14. The Morgan fingerprint density at radius 1 is 1.00 bits per heavy atom. The Balaban J connectivity index is 2.20. The second kappa shape index (κ2) is 10.4. The summed E-state index contributed by atoms with van der Waals surface area (Å²) >= 11 is 0. The number of anilines is 1. The van der Waals surface area contributed by atoms with Gasteiger partial charge >= 0.3 is 5.69 Å². The summed E-state index contributed by atoms with van der Waals surface area (Å²) in [6.45, 7) is 4.04. The van der Waals surface area contributed by atoms with Crippen molar-refractivity contribution in [1.82, 2.24) is 14.3 Å². The Morgan fingerprint density at radius 2 is 1.52 bits per heavy atom. The minimum Gasteiger partial charge on any atom is -0.367 e. The van der Waals surface area contributed by atoms with Crippen molar-refractivity contribution in [3.8, 4) is 5.69 Å². The van der Waals surface area contributed by atoms with Crippen molar-refractivity contribution in [2.24, 2.45) is 0 Å². The zero-order chi connectivity index (χ0) is 23.2. The second-order valence-electron chi connectivity index (χ2n) is 7.04. The molecule has 1 heterocycles. The van der Waals surface area contributed by atoms with Crippen LogP contribution in [0.4, 0.5) is 5.69 Å². The first-order chi connectivity index (χ1) is 14.4. The lowest BCUT2D eigenvalue weighted by Gasteiger charge is -2.24. The fourth-order valence-corrected chi connectivity index (χ4v) is 3.52. The predicted octanol–water partition coefficient (Wildman–Crippen LogP) is 0.764. The Bertz CT molecular complexity index is 1080. The fourth-order valence-electron chi connectivity index (χ4n) is 2.76.